The van der Waals surface area contributed by atoms with Gasteiger partial charge in [-0.25, -0.2) is 4.79 Å². The molecule has 0 spiro atoms. The molecule has 0 saturated carbocycles. The third-order valence-corrected chi connectivity index (χ3v) is 3.59. The van der Waals surface area contributed by atoms with Crippen LogP contribution in [0.5, 0.6) is 0 Å². The average molecular weight is 274 g/mol. The second-order valence-electron chi connectivity index (χ2n) is 6.06. The number of hydrogen-bond donors (Lipinski definition) is 3. The summed E-state index contributed by atoms with van der Waals surface area (Å²) in [5.74, 6) is 0. The van der Waals surface area contributed by atoms with Crippen LogP contribution in [0.3, 0.4) is 0 Å². The summed E-state index contributed by atoms with van der Waals surface area (Å²) in [4.78, 5) is 11.9. The lowest BCUT2D eigenvalue weighted by Crippen LogP contribution is -2.53. The fourth-order valence-electron chi connectivity index (χ4n) is 1.98. The van der Waals surface area contributed by atoms with Gasteiger partial charge >= 0.3 is 6.03 Å². The van der Waals surface area contributed by atoms with Crippen LogP contribution in [0.15, 0.2) is 0 Å². The van der Waals surface area contributed by atoms with Crippen molar-refractivity contribution in [3.8, 4) is 0 Å². The van der Waals surface area contributed by atoms with E-state index in [1.165, 1.54) is 0 Å². The minimum absolute atomic E-state index is 0.0187. The highest BCUT2D eigenvalue weighted by Gasteiger charge is 2.26. The molecule has 0 aromatic carbocycles. The molecule has 0 heterocycles. The maximum atomic E-state index is 11.9. The van der Waals surface area contributed by atoms with Gasteiger partial charge in [0.1, 0.15) is 0 Å². The van der Waals surface area contributed by atoms with Crippen molar-refractivity contribution < 1.29 is 14.6 Å². The smallest absolute Gasteiger partial charge is 0.315 e. The molecule has 0 aromatic rings. The SMILES string of the molecule is CCC(C)(CCO)NC(=O)NC(C)CC(C)(C)OC. The molecule has 5 nitrogen and oxygen atoms in total. The molecule has 19 heavy (non-hydrogen) atoms. The molecule has 0 aliphatic rings. The number of ether oxygens (including phenoxy) is 1. The second-order valence-corrected chi connectivity index (χ2v) is 6.06. The Kier molecular flexibility index (Phi) is 7.37. The first-order valence-electron chi connectivity index (χ1n) is 6.92. The summed E-state index contributed by atoms with van der Waals surface area (Å²) in [5, 5.41) is 14.9. The highest BCUT2D eigenvalue weighted by molar-refractivity contribution is 5.75. The number of amides is 2. The van der Waals surface area contributed by atoms with E-state index in [1.54, 1.807) is 7.11 Å². The van der Waals surface area contributed by atoms with Crippen LogP contribution in [0.1, 0.15) is 53.9 Å². The van der Waals surface area contributed by atoms with Gasteiger partial charge in [-0.05, 0) is 47.0 Å². The van der Waals surface area contributed by atoms with Crippen LogP contribution in [0.4, 0.5) is 4.79 Å². The monoisotopic (exact) mass is 274 g/mol. The number of nitrogens with one attached hydrogen (secondary N) is 2. The number of aliphatic hydroxyl groups is 1. The van der Waals surface area contributed by atoms with E-state index in [4.69, 9.17) is 9.84 Å². The van der Waals surface area contributed by atoms with E-state index >= 15 is 0 Å². The molecule has 0 bridgehead atoms. The lowest BCUT2D eigenvalue weighted by atomic mass is 9.95. The van der Waals surface area contributed by atoms with E-state index in [1.807, 2.05) is 34.6 Å². The molecule has 0 aromatic heterocycles. The molecule has 0 aliphatic heterocycles. The normalized spacial score (nSPS) is 16.6. The minimum Gasteiger partial charge on any atom is -0.396 e. The number of rotatable bonds is 8. The molecule has 2 unspecified atom stereocenters. The van der Waals surface area contributed by atoms with Gasteiger partial charge in [0.2, 0.25) is 0 Å². The van der Waals surface area contributed by atoms with Crippen LogP contribution in [-0.4, -0.2) is 42.0 Å². The fraction of sp³-hybridized carbons (Fsp3) is 0.929. The third-order valence-electron chi connectivity index (χ3n) is 3.59. The molecule has 0 saturated heterocycles. The van der Waals surface area contributed by atoms with E-state index in [9.17, 15) is 4.79 Å². The van der Waals surface area contributed by atoms with Gasteiger partial charge in [-0.2, -0.15) is 0 Å². The summed E-state index contributed by atoms with van der Waals surface area (Å²) in [5.41, 5.74) is -0.624. The zero-order chi connectivity index (χ0) is 15.1. The first-order chi connectivity index (χ1) is 8.68. The highest BCUT2D eigenvalue weighted by Crippen LogP contribution is 2.16. The summed E-state index contributed by atoms with van der Waals surface area (Å²) in [7, 11) is 1.67. The topological polar surface area (TPSA) is 70.6 Å². The lowest BCUT2D eigenvalue weighted by Gasteiger charge is -2.31. The molecule has 3 N–H and O–H groups in total. The van der Waals surface area contributed by atoms with E-state index in [-0.39, 0.29) is 29.8 Å². The lowest BCUT2D eigenvalue weighted by molar-refractivity contribution is 0.00943. The Morgan fingerprint density at radius 1 is 1.37 bits per heavy atom. The van der Waals surface area contributed by atoms with Crippen LogP contribution in [-0.2, 0) is 4.74 Å². The van der Waals surface area contributed by atoms with Crippen LogP contribution in [0.25, 0.3) is 0 Å². The Hall–Kier alpha value is -0.810. The molecule has 0 rings (SSSR count). The minimum atomic E-state index is -0.366. The number of carbonyl (C=O) groups excluding carboxylic acids is 1. The van der Waals surface area contributed by atoms with Crippen LogP contribution < -0.4 is 10.6 Å². The van der Waals surface area contributed by atoms with Crippen LogP contribution >= 0.6 is 0 Å². The number of hydrogen-bond acceptors (Lipinski definition) is 3. The van der Waals surface area contributed by atoms with Crippen molar-refractivity contribution in [1.82, 2.24) is 10.6 Å². The van der Waals surface area contributed by atoms with Crippen molar-refractivity contribution >= 4 is 6.03 Å². The summed E-state index contributed by atoms with van der Waals surface area (Å²) >= 11 is 0. The molecular formula is C14H30N2O3. The summed E-state index contributed by atoms with van der Waals surface area (Å²) < 4.78 is 5.35. The zero-order valence-electron chi connectivity index (χ0n) is 13.2. The molecule has 114 valence electrons. The summed E-state index contributed by atoms with van der Waals surface area (Å²) in [6.07, 6.45) is 2.06. The van der Waals surface area contributed by atoms with Gasteiger partial charge in [-0.1, -0.05) is 6.92 Å². The fourth-order valence-corrected chi connectivity index (χ4v) is 1.98. The van der Waals surface area contributed by atoms with Crippen molar-refractivity contribution in [3.05, 3.63) is 0 Å². The van der Waals surface area contributed by atoms with Gasteiger partial charge in [0.05, 0.1) is 5.60 Å². The standard InChI is InChI=1S/C14H30N2O3/c1-7-14(5,8-9-17)16-12(18)15-11(2)10-13(3,4)19-6/h11,17H,7-10H2,1-6H3,(H2,15,16,18). The number of aliphatic hydroxyl groups excluding tert-OH is 1. The maximum absolute atomic E-state index is 11.9. The Bertz CT molecular complexity index is 282. The molecule has 0 fully saturated rings. The maximum Gasteiger partial charge on any atom is 0.315 e. The van der Waals surface area contributed by atoms with Crippen LogP contribution in [0.2, 0.25) is 0 Å². The van der Waals surface area contributed by atoms with E-state index in [0.717, 1.165) is 12.8 Å². The largest absolute Gasteiger partial charge is 0.396 e. The molecule has 2 amide bonds. The first kappa shape index (κ1) is 18.2. The first-order valence-corrected chi connectivity index (χ1v) is 6.92. The molecule has 2 atom stereocenters. The Morgan fingerprint density at radius 2 is 1.95 bits per heavy atom. The van der Waals surface area contributed by atoms with Gasteiger partial charge in [0.25, 0.3) is 0 Å². The van der Waals surface area contributed by atoms with E-state index in [0.29, 0.717) is 6.42 Å². The Labute approximate surface area is 117 Å². The Morgan fingerprint density at radius 3 is 2.37 bits per heavy atom. The van der Waals surface area contributed by atoms with Gasteiger partial charge in [0.15, 0.2) is 0 Å². The van der Waals surface area contributed by atoms with Gasteiger partial charge < -0.3 is 20.5 Å². The molecule has 5 heteroatoms. The average Bonchev–Trinajstić information content (AvgIpc) is 2.28. The van der Waals surface area contributed by atoms with Gasteiger partial charge in [-0.15, -0.1) is 0 Å². The van der Waals surface area contributed by atoms with Crippen molar-refractivity contribution in [2.45, 2.75) is 71.1 Å². The predicted octanol–water partition coefficient (Wildman–Crippen LogP) is 2.04. The van der Waals surface area contributed by atoms with Crippen molar-refractivity contribution in [1.29, 1.82) is 0 Å². The second kappa shape index (κ2) is 7.70. The number of carbonyl (C=O) groups is 1. The summed E-state index contributed by atoms with van der Waals surface area (Å²) in [6, 6.07) is -0.178. The Balaban J connectivity index is 4.30. The van der Waals surface area contributed by atoms with Crippen molar-refractivity contribution in [3.63, 3.8) is 0 Å². The van der Waals surface area contributed by atoms with Gasteiger partial charge in [-0.3, -0.25) is 0 Å². The number of methoxy groups -OCH3 is 1. The number of urea groups is 1. The van der Waals surface area contributed by atoms with E-state index in [2.05, 4.69) is 10.6 Å². The van der Waals surface area contributed by atoms with Gasteiger partial charge in [0, 0.05) is 25.3 Å². The van der Waals surface area contributed by atoms with E-state index < -0.39 is 0 Å². The predicted molar refractivity (Wildman–Crippen MR) is 77.2 cm³/mol. The molecular weight excluding hydrogens is 244 g/mol. The van der Waals surface area contributed by atoms with Crippen molar-refractivity contribution in [2.75, 3.05) is 13.7 Å². The molecule has 0 aliphatic carbocycles. The molecule has 0 radical (unpaired) electrons. The zero-order valence-corrected chi connectivity index (χ0v) is 13.2. The highest BCUT2D eigenvalue weighted by atomic mass is 16.5. The third kappa shape index (κ3) is 7.38. The van der Waals surface area contributed by atoms with Crippen LogP contribution in [0, 0.1) is 0 Å². The quantitative estimate of drug-likeness (QED) is 0.634. The van der Waals surface area contributed by atoms with Crippen molar-refractivity contribution in [2.24, 2.45) is 0 Å². The summed E-state index contributed by atoms with van der Waals surface area (Å²) in [6.45, 7) is 9.93.